The topological polar surface area (TPSA) is 42.9 Å². The monoisotopic (exact) mass is 374 g/mol. The predicted molar refractivity (Wildman–Crippen MR) is 109 cm³/mol. The van der Waals surface area contributed by atoms with Gasteiger partial charge in [-0.1, -0.05) is 72.4 Å². The van der Waals surface area contributed by atoms with Gasteiger partial charge in [-0.05, 0) is 43.7 Å². The van der Waals surface area contributed by atoms with E-state index in [1.807, 2.05) is 60.7 Å². The quantitative estimate of drug-likeness (QED) is 0.342. The molecule has 2 aromatic carbocycles. The molecule has 0 aliphatic heterocycles. The highest BCUT2D eigenvalue weighted by molar-refractivity contribution is 8.00. The maximum atomic E-state index is 13.2. The van der Waals surface area contributed by atoms with E-state index in [-0.39, 0.29) is 11.0 Å². The van der Waals surface area contributed by atoms with Crippen molar-refractivity contribution >= 4 is 17.5 Å². The maximum Gasteiger partial charge on any atom is 0.189 e. The summed E-state index contributed by atoms with van der Waals surface area (Å²) in [6, 6.07) is 19.4. The summed E-state index contributed by atoms with van der Waals surface area (Å²) in [4.78, 5) is 22.8. The summed E-state index contributed by atoms with van der Waals surface area (Å²) in [7, 11) is 0. The van der Waals surface area contributed by atoms with E-state index in [1.54, 1.807) is 0 Å². The van der Waals surface area contributed by atoms with Gasteiger partial charge in [0.15, 0.2) is 10.9 Å². The molecule has 1 aliphatic carbocycles. The number of carbonyl (C=O) groups excluding carboxylic acids is 1. The SMILES string of the molecule is Cc1nc(S[C@H](C(=O)c2ccccc2)c2ccccc2)nc2c1CCCC2. The number of aryl methyl sites for hydroxylation is 2. The van der Waals surface area contributed by atoms with Crippen LogP contribution in [0.25, 0.3) is 0 Å². The van der Waals surface area contributed by atoms with Crippen molar-refractivity contribution < 1.29 is 4.79 Å². The van der Waals surface area contributed by atoms with Crippen LogP contribution in [0.5, 0.6) is 0 Å². The molecule has 1 atom stereocenters. The van der Waals surface area contributed by atoms with Gasteiger partial charge >= 0.3 is 0 Å². The highest BCUT2D eigenvalue weighted by Crippen LogP contribution is 2.37. The third-order valence-electron chi connectivity index (χ3n) is 4.99. The Kier molecular flexibility index (Phi) is 5.35. The molecule has 3 aromatic rings. The van der Waals surface area contributed by atoms with E-state index in [0.29, 0.717) is 10.7 Å². The lowest BCUT2D eigenvalue weighted by Crippen LogP contribution is -2.13. The molecular formula is C23H22N2OS. The van der Waals surface area contributed by atoms with Gasteiger partial charge in [0.2, 0.25) is 0 Å². The Morgan fingerprint density at radius 2 is 1.59 bits per heavy atom. The smallest absolute Gasteiger partial charge is 0.189 e. The van der Waals surface area contributed by atoms with E-state index >= 15 is 0 Å². The van der Waals surface area contributed by atoms with Crippen LogP contribution in [-0.4, -0.2) is 15.8 Å². The van der Waals surface area contributed by atoms with Crippen molar-refractivity contribution in [3.05, 3.63) is 88.7 Å². The van der Waals surface area contributed by atoms with Crippen LogP contribution < -0.4 is 0 Å². The lowest BCUT2D eigenvalue weighted by Gasteiger charge is -2.19. The average Bonchev–Trinajstić information content (AvgIpc) is 2.73. The lowest BCUT2D eigenvalue weighted by molar-refractivity contribution is 0.0989. The minimum Gasteiger partial charge on any atom is -0.293 e. The van der Waals surface area contributed by atoms with E-state index in [9.17, 15) is 4.79 Å². The van der Waals surface area contributed by atoms with Crippen LogP contribution in [0.3, 0.4) is 0 Å². The normalized spacial score (nSPS) is 14.4. The minimum absolute atomic E-state index is 0.0887. The van der Waals surface area contributed by atoms with E-state index < -0.39 is 0 Å². The highest BCUT2D eigenvalue weighted by Gasteiger charge is 2.25. The van der Waals surface area contributed by atoms with Gasteiger partial charge in [-0.25, -0.2) is 9.97 Å². The molecule has 27 heavy (non-hydrogen) atoms. The van der Waals surface area contributed by atoms with Crippen LogP contribution in [0, 0.1) is 6.92 Å². The molecule has 0 saturated carbocycles. The number of fused-ring (bicyclic) bond motifs is 1. The largest absolute Gasteiger partial charge is 0.293 e. The van der Waals surface area contributed by atoms with Crippen LogP contribution >= 0.6 is 11.8 Å². The summed E-state index contributed by atoms with van der Waals surface area (Å²) in [5, 5.41) is 0.348. The molecule has 136 valence electrons. The Bertz CT molecular complexity index is 941. The van der Waals surface area contributed by atoms with Crippen molar-refractivity contribution in [3.8, 4) is 0 Å². The zero-order valence-corrected chi connectivity index (χ0v) is 16.2. The third-order valence-corrected chi connectivity index (χ3v) is 6.11. The molecule has 0 fully saturated rings. The molecule has 1 heterocycles. The number of benzene rings is 2. The number of rotatable bonds is 5. The predicted octanol–water partition coefficient (Wildman–Crippen LogP) is 5.38. The van der Waals surface area contributed by atoms with Gasteiger partial charge < -0.3 is 0 Å². The molecule has 0 saturated heterocycles. The fraction of sp³-hybridized carbons (Fsp3) is 0.261. The molecule has 0 unspecified atom stereocenters. The molecule has 0 spiro atoms. The van der Waals surface area contributed by atoms with Crippen LogP contribution in [0.1, 0.15) is 51.0 Å². The van der Waals surface area contributed by atoms with Crippen molar-refractivity contribution in [1.29, 1.82) is 0 Å². The minimum atomic E-state index is -0.352. The van der Waals surface area contributed by atoms with E-state index in [1.165, 1.54) is 30.2 Å². The summed E-state index contributed by atoms with van der Waals surface area (Å²) in [5.74, 6) is 0.0887. The van der Waals surface area contributed by atoms with Crippen molar-refractivity contribution in [2.45, 2.75) is 43.0 Å². The standard InChI is InChI=1S/C23H22N2OS/c1-16-19-14-8-9-15-20(19)25-23(24-16)27-22(18-12-6-3-7-13-18)21(26)17-10-4-2-5-11-17/h2-7,10-13,22H,8-9,14-15H2,1H3/t22-/m0/s1. The Labute approximate surface area is 164 Å². The number of thioether (sulfide) groups is 1. The van der Waals surface area contributed by atoms with Crippen LogP contribution in [0.15, 0.2) is 65.8 Å². The number of Topliss-reactive ketones (excluding diaryl/α,β-unsaturated/α-hetero) is 1. The summed E-state index contributed by atoms with van der Waals surface area (Å²) in [5.41, 5.74) is 5.22. The number of hydrogen-bond donors (Lipinski definition) is 0. The first-order chi connectivity index (χ1) is 13.2. The zero-order chi connectivity index (χ0) is 18.6. The van der Waals surface area contributed by atoms with Crippen molar-refractivity contribution in [2.75, 3.05) is 0 Å². The first-order valence-electron chi connectivity index (χ1n) is 9.39. The molecule has 0 bridgehead atoms. The molecular weight excluding hydrogens is 352 g/mol. The second-order valence-corrected chi connectivity index (χ2v) is 7.94. The molecule has 3 nitrogen and oxygen atoms in total. The average molecular weight is 375 g/mol. The maximum absolute atomic E-state index is 13.2. The Morgan fingerprint density at radius 3 is 2.33 bits per heavy atom. The number of ketones is 1. The third kappa shape index (κ3) is 3.96. The molecule has 4 heteroatoms. The van der Waals surface area contributed by atoms with Gasteiger partial charge in [0.1, 0.15) is 5.25 Å². The molecule has 0 amide bonds. The molecule has 1 aromatic heterocycles. The van der Waals surface area contributed by atoms with Crippen LogP contribution in [0.4, 0.5) is 0 Å². The van der Waals surface area contributed by atoms with Gasteiger partial charge in [0.25, 0.3) is 0 Å². The van der Waals surface area contributed by atoms with Crippen molar-refractivity contribution in [3.63, 3.8) is 0 Å². The van der Waals surface area contributed by atoms with Crippen molar-refractivity contribution in [2.24, 2.45) is 0 Å². The fourth-order valence-corrected chi connectivity index (χ4v) is 4.67. The summed E-state index contributed by atoms with van der Waals surface area (Å²) >= 11 is 1.46. The van der Waals surface area contributed by atoms with Crippen molar-refractivity contribution in [1.82, 2.24) is 9.97 Å². The van der Waals surface area contributed by atoms with E-state index in [0.717, 1.165) is 29.8 Å². The second-order valence-electron chi connectivity index (χ2n) is 6.86. The van der Waals surface area contributed by atoms with Crippen LogP contribution in [0.2, 0.25) is 0 Å². The Morgan fingerprint density at radius 1 is 0.926 bits per heavy atom. The molecule has 0 radical (unpaired) electrons. The highest BCUT2D eigenvalue weighted by atomic mass is 32.2. The van der Waals surface area contributed by atoms with Gasteiger partial charge in [-0.2, -0.15) is 0 Å². The van der Waals surface area contributed by atoms with E-state index in [2.05, 4.69) is 6.92 Å². The van der Waals surface area contributed by atoms with Gasteiger partial charge in [0.05, 0.1) is 0 Å². The summed E-state index contributed by atoms with van der Waals surface area (Å²) < 4.78 is 0. The summed E-state index contributed by atoms with van der Waals surface area (Å²) in [6.07, 6.45) is 4.47. The van der Waals surface area contributed by atoms with Gasteiger partial charge in [-0.3, -0.25) is 4.79 Å². The number of aromatic nitrogens is 2. The lowest BCUT2D eigenvalue weighted by atomic mass is 9.95. The number of nitrogens with zero attached hydrogens (tertiary/aromatic N) is 2. The first-order valence-corrected chi connectivity index (χ1v) is 10.3. The van der Waals surface area contributed by atoms with Gasteiger partial charge in [0, 0.05) is 17.0 Å². The molecule has 1 aliphatic rings. The number of carbonyl (C=O) groups is 1. The van der Waals surface area contributed by atoms with E-state index in [4.69, 9.17) is 9.97 Å². The first kappa shape index (κ1) is 17.9. The molecule has 4 rings (SSSR count). The van der Waals surface area contributed by atoms with Crippen LogP contribution in [-0.2, 0) is 12.8 Å². The zero-order valence-electron chi connectivity index (χ0n) is 15.4. The number of hydrogen-bond acceptors (Lipinski definition) is 4. The Balaban J connectivity index is 1.70. The molecule has 0 N–H and O–H groups in total. The summed E-state index contributed by atoms with van der Waals surface area (Å²) in [6.45, 7) is 2.06. The Hall–Kier alpha value is -2.46. The fourth-order valence-electron chi connectivity index (χ4n) is 3.57. The van der Waals surface area contributed by atoms with Gasteiger partial charge in [-0.15, -0.1) is 0 Å². The second kappa shape index (κ2) is 8.05.